The van der Waals surface area contributed by atoms with Crippen LogP contribution in [0.15, 0.2) is 24.3 Å². The molecule has 0 heterocycles. The molecule has 6 nitrogen and oxygen atoms in total. The average molecular weight is 460 g/mol. The molecule has 0 saturated heterocycles. The van der Waals surface area contributed by atoms with Crippen molar-refractivity contribution in [3.63, 3.8) is 0 Å². The van der Waals surface area contributed by atoms with Crippen LogP contribution >= 0.6 is 11.6 Å². The zero-order valence-corrected chi connectivity index (χ0v) is 16.1. The van der Waals surface area contributed by atoms with E-state index in [1.165, 1.54) is 4.72 Å². The molecular formula is C16H11ClF5NO5S. The van der Waals surface area contributed by atoms with Crippen LogP contribution in [0.5, 0.6) is 17.2 Å². The molecule has 0 aromatic heterocycles. The molecule has 0 aliphatic rings. The Balaban J connectivity index is 2.52. The number of halogens is 6. The molecule has 0 atom stereocenters. The summed E-state index contributed by atoms with van der Waals surface area (Å²) in [5, 5.41) is -0.637. The summed E-state index contributed by atoms with van der Waals surface area (Å²) in [6, 6.07) is 2.65. The van der Waals surface area contributed by atoms with Crippen molar-refractivity contribution >= 4 is 27.5 Å². The standard InChI is InChI=1S/C16H11ClF5NO5S/c1-27-14-12(15(24)23-29(2,25)26)10(18)6-11(13(14)19)28-7-3-4-9(17)8(5-7)16(20,21)22/h3-6H,1-2H3,(H,23,24). The van der Waals surface area contributed by atoms with Crippen molar-refractivity contribution in [3.05, 3.63) is 52.0 Å². The van der Waals surface area contributed by atoms with Crippen molar-refractivity contribution in [2.24, 2.45) is 0 Å². The van der Waals surface area contributed by atoms with E-state index < -0.39 is 67.1 Å². The van der Waals surface area contributed by atoms with Crippen LogP contribution in [0, 0.1) is 11.6 Å². The lowest BCUT2D eigenvalue weighted by molar-refractivity contribution is -0.137. The van der Waals surface area contributed by atoms with Gasteiger partial charge in [0.05, 0.1) is 24.0 Å². The normalized spacial score (nSPS) is 11.9. The third-order valence-corrected chi connectivity index (χ3v) is 4.21. The summed E-state index contributed by atoms with van der Waals surface area (Å²) in [5.74, 6) is -6.86. The molecule has 158 valence electrons. The van der Waals surface area contributed by atoms with Gasteiger partial charge in [0.1, 0.15) is 17.1 Å². The number of ether oxygens (including phenoxy) is 2. The zero-order chi connectivity index (χ0) is 22.1. The predicted octanol–water partition coefficient (Wildman–Crippen LogP) is 4.13. The summed E-state index contributed by atoms with van der Waals surface area (Å²) in [6.45, 7) is 0. The predicted molar refractivity (Wildman–Crippen MR) is 91.7 cm³/mol. The van der Waals surface area contributed by atoms with Gasteiger partial charge in [0.15, 0.2) is 11.5 Å². The summed E-state index contributed by atoms with van der Waals surface area (Å²) in [6.07, 6.45) is -4.21. The van der Waals surface area contributed by atoms with Crippen LogP contribution in [0.25, 0.3) is 0 Å². The number of benzene rings is 2. The molecule has 0 saturated carbocycles. The van der Waals surface area contributed by atoms with E-state index in [0.717, 1.165) is 19.2 Å². The third kappa shape index (κ3) is 5.26. The molecule has 0 bridgehead atoms. The van der Waals surface area contributed by atoms with E-state index in [4.69, 9.17) is 16.3 Å². The largest absolute Gasteiger partial charge is 0.493 e. The van der Waals surface area contributed by atoms with Crippen LogP contribution in [-0.4, -0.2) is 27.7 Å². The second-order valence-corrected chi connectivity index (χ2v) is 7.68. The van der Waals surface area contributed by atoms with Gasteiger partial charge in [-0.3, -0.25) is 4.79 Å². The lowest BCUT2D eigenvalue weighted by Crippen LogP contribution is -2.30. The van der Waals surface area contributed by atoms with Gasteiger partial charge in [-0.2, -0.15) is 17.6 Å². The number of carbonyl (C=O) groups is 1. The van der Waals surface area contributed by atoms with Crippen LogP contribution < -0.4 is 14.2 Å². The second-order valence-electron chi connectivity index (χ2n) is 5.52. The third-order valence-electron chi connectivity index (χ3n) is 3.32. The molecule has 2 rings (SSSR count). The van der Waals surface area contributed by atoms with E-state index in [-0.39, 0.29) is 0 Å². The highest BCUT2D eigenvalue weighted by Crippen LogP contribution is 2.39. The molecule has 0 spiro atoms. The maximum Gasteiger partial charge on any atom is 0.417 e. The minimum absolute atomic E-state index is 0.358. The quantitative estimate of drug-likeness (QED) is 0.680. The summed E-state index contributed by atoms with van der Waals surface area (Å²) in [5.41, 5.74) is -2.34. The Bertz CT molecular complexity index is 1070. The first kappa shape index (κ1) is 22.7. The molecule has 1 N–H and O–H groups in total. The maximum atomic E-state index is 14.6. The highest BCUT2D eigenvalue weighted by molar-refractivity contribution is 7.89. The Morgan fingerprint density at radius 1 is 1.17 bits per heavy atom. The molecule has 0 aliphatic carbocycles. The van der Waals surface area contributed by atoms with Crippen molar-refractivity contribution in [2.45, 2.75) is 6.18 Å². The van der Waals surface area contributed by atoms with Crippen molar-refractivity contribution in [3.8, 4) is 17.2 Å². The number of sulfonamides is 1. The van der Waals surface area contributed by atoms with E-state index in [9.17, 15) is 35.2 Å². The van der Waals surface area contributed by atoms with Crippen LogP contribution in [-0.2, 0) is 16.2 Å². The monoisotopic (exact) mass is 459 g/mol. The van der Waals surface area contributed by atoms with Crippen molar-refractivity contribution < 1.29 is 44.6 Å². The summed E-state index contributed by atoms with van der Waals surface area (Å²) >= 11 is 5.47. The number of alkyl halides is 3. The maximum absolute atomic E-state index is 14.6. The van der Waals surface area contributed by atoms with Crippen molar-refractivity contribution in [1.82, 2.24) is 4.72 Å². The van der Waals surface area contributed by atoms with Crippen LogP contribution in [0.1, 0.15) is 15.9 Å². The van der Waals surface area contributed by atoms with E-state index in [1.807, 2.05) is 0 Å². The highest BCUT2D eigenvalue weighted by Gasteiger charge is 2.34. The molecule has 0 fully saturated rings. The number of rotatable bonds is 5. The Labute approximate surface area is 166 Å². The minimum Gasteiger partial charge on any atom is -0.493 e. The van der Waals surface area contributed by atoms with E-state index in [2.05, 4.69) is 4.74 Å². The molecule has 0 aliphatic heterocycles. The topological polar surface area (TPSA) is 81.7 Å². The smallest absolute Gasteiger partial charge is 0.417 e. The lowest BCUT2D eigenvalue weighted by Gasteiger charge is -2.15. The van der Waals surface area contributed by atoms with Gasteiger partial charge in [-0.1, -0.05) is 11.6 Å². The Morgan fingerprint density at radius 3 is 2.31 bits per heavy atom. The first-order chi connectivity index (χ1) is 13.2. The van der Waals surface area contributed by atoms with E-state index in [1.54, 1.807) is 0 Å². The molecule has 0 unspecified atom stereocenters. The molecule has 2 aromatic carbocycles. The van der Waals surface area contributed by atoms with Gasteiger partial charge in [-0.15, -0.1) is 0 Å². The minimum atomic E-state index is -4.83. The number of carbonyl (C=O) groups excluding carboxylic acids is 1. The van der Waals surface area contributed by atoms with Gasteiger partial charge in [-0.05, 0) is 18.2 Å². The zero-order valence-electron chi connectivity index (χ0n) is 14.5. The fourth-order valence-electron chi connectivity index (χ4n) is 2.19. The molecule has 0 radical (unpaired) electrons. The molecule has 2 aromatic rings. The number of hydrogen-bond acceptors (Lipinski definition) is 5. The van der Waals surface area contributed by atoms with Crippen LogP contribution in [0.3, 0.4) is 0 Å². The number of amides is 1. The number of hydrogen-bond donors (Lipinski definition) is 1. The van der Waals surface area contributed by atoms with Gasteiger partial charge in [0.2, 0.25) is 15.8 Å². The van der Waals surface area contributed by atoms with Gasteiger partial charge < -0.3 is 9.47 Å². The first-order valence-electron chi connectivity index (χ1n) is 7.37. The summed E-state index contributed by atoms with van der Waals surface area (Å²) in [4.78, 5) is 11.9. The Hall–Kier alpha value is -2.60. The average Bonchev–Trinajstić information content (AvgIpc) is 2.56. The Morgan fingerprint density at radius 2 is 1.79 bits per heavy atom. The molecule has 29 heavy (non-hydrogen) atoms. The first-order valence-corrected chi connectivity index (χ1v) is 9.64. The van der Waals surface area contributed by atoms with Crippen molar-refractivity contribution in [1.29, 1.82) is 0 Å². The van der Waals surface area contributed by atoms with Gasteiger partial charge in [0.25, 0.3) is 5.91 Å². The highest BCUT2D eigenvalue weighted by atomic mass is 35.5. The second kappa shape index (κ2) is 8.03. The van der Waals surface area contributed by atoms with Crippen molar-refractivity contribution in [2.75, 3.05) is 13.4 Å². The molecular weight excluding hydrogens is 449 g/mol. The van der Waals surface area contributed by atoms with Gasteiger partial charge >= 0.3 is 6.18 Å². The number of nitrogens with one attached hydrogen (secondary N) is 1. The fourth-order valence-corrected chi connectivity index (χ4v) is 2.85. The summed E-state index contributed by atoms with van der Waals surface area (Å²) < 4.78 is 101. The number of methoxy groups -OCH3 is 1. The molecule has 1 amide bonds. The molecule has 13 heteroatoms. The van der Waals surface area contributed by atoms with E-state index in [0.29, 0.717) is 18.4 Å². The Kier molecular flexibility index (Phi) is 6.28. The van der Waals surface area contributed by atoms with Gasteiger partial charge in [-0.25, -0.2) is 17.5 Å². The van der Waals surface area contributed by atoms with E-state index >= 15 is 0 Å². The lowest BCUT2D eigenvalue weighted by atomic mass is 10.1. The van der Waals surface area contributed by atoms with Crippen LogP contribution in [0.4, 0.5) is 22.0 Å². The fraction of sp³-hybridized carbons (Fsp3) is 0.188. The summed E-state index contributed by atoms with van der Waals surface area (Å²) in [7, 11) is -3.24. The van der Waals surface area contributed by atoms with Gasteiger partial charge in [0, 0.05) is 6.07 Å². The SMILES string of the molecule is COc1c(F)c(Oc2ccc(Cl)c(C(F)(F)F)c2)cc(F)c1C(=O)NS(C)(=O)=O. The van der Waals surface area contributed by atoms with Crippen LogP contribution in [0.2, 0.25) is 5.02 Å².